The van der Waals surface area contributed by atoms with E-state index < -0.39 is 5.92 Å². The summed E-state index contributed by atoms with van der Waals surface area (Å²) in [6.45, 7) is -0.0576. The molecule has 3 rings (SSSR count). The van der Waals surface area contributed by atoms with Crippen molar-refractivity contribution in [3.8, 4) is 0 Å². The van der Waals surface area contributed by atoms with Crippen LogP contribution in [0, 0.1) is 0 Å². The van der Waals surface area contributed by atoms with Crippen molar-refractivity contribution in [2.75, 3.05) is 18.0 Å². The van der Waals surface area contributed by atoms with E-state index in [0.717, 1.165) is 0 Å². The lowest BCUT2D eigenvalue weighted by molar-refractivity contribution is 0.0257. The summed E-state index contributed by atoms with van der Waals surface area (Å²) in [4.78, 5) is 9.37. The van der Waals surface area contributed by atoms with Crippen LogP contribution in [0.1, 0.15) is 6.42 Å². The van der Waals surface area contributed by atoms with Crippen molar-refractivity contribution in [2.45, 2.75) is 12.3 Å². The van der Waals surface area contributed by atoms with E-state index >= 15 is 0 Å². The van der Waals surface area contributed by atoms with Crippen LogP contribution in [-0.2, 0) is 0 Å². The molecule has 0 aromatic carbocycles. The van der Waals surface area contributed by atoms with Crippen LogP contribution < -0.4 is 4.90 Å². The van der Waals surface area contributed by atoms with Crippen molar-refractivity contribution in [1.82, 2.24) is 25.4 Å². The van der Waals surface area contributed by atoms with Gasteiger partial charge in [-0.3, -0.25) is 0 Å². The van der Waals surface area contributed by atoms with Crippen molar-refractivity contribution in [2.24, 2.45) is 0 Å². The van der Waals surface area contributed by atoms with Gasteiger partial charge in [-0.1, -0.05) is 0 Å². The molecule has 0 atom stereocenters. The highest BCUT2D eigenvalue weighted by Gasteiger charge is 2.39. The summed E-state index contributed by atoms with van der Waals surface area (Å²) < 4.78 is 26.2. The summed E-state index contributed by atoms with van der Waals surface area (Å²) in [7, 11) is 0. The molecular weight excluding hydrogens is 218 g/mol. The van der Waals surface area contributed by atoms with Crippen LogP contribution in [0.5, 0.6) is 0 Å². The molecule has 0 radical (unpaired) electrons. The molecule has 0 bridgehead atoms. The average Bonchev–Trinajstić information content (AvgIpc) is 2.83. The highest BCUT2D eigenvalue weighted by atomic mass is 19.3. The molecule has 84 valence electrons. The van der Waals surface area contributed by atoms with E-state index in [2.05, 4.69) is 25.4 Å². The van der Waals surface area contributed by atoms with Gasteiger partial charge in [-0.2, -0.15) is 10.3 Å². The minimum absolute atomic E-state index is 0.156. The minimum atomic E-state index is -2.65. The Balaban J connectivity index is 2.03. The van der Waals surface area contributed by atoms with Gasteiger partial charge in [0.15, 0.2) is 11.3 Å². The van der Waals surface area contributed by atoms with E-state index in [9.17, 15) is 8.78 Å². The molecule has 1 N–H and O–H groups in total. The van der Waals surface area contributed by atoms with E-state index in [0.29, 0.717) is 17.0 Å². The maximum Gasteiger partial charge on any atom is 0.266 e. The van der Waals surface area contributed by atoms with Crippen LogP contribution in [0.15, 0.2) is 6.33 Å². The molecule has 1 saturated heterocycles. The Bertz CT molecular complexity index is 524. The number of anilines is 1. The summed E-state index contributed by atoms with van der Waals surface area (Å²) in [5.41, 5.74) is 0.820. The minimum Gasteiger partial charge on any atom is -0.348 e. The summed E-state index contributed by atoms with van der Waals surface area (Å²) in [6.07, 6.45) is 1.15. The molecular formula is C8H8F2N6. The lowest BCUT2D eigenvalue weighted by atomic mass is 10.3. The zero-order chi connectivity index (χ0) is 11.2. The van der Waals surface area contributed by atoms with E-state index in [1.54, 1.807) is 0 Å². The SMILES string of the molecule is FC1(F)CCN(c2ncnc3n[nH]nc23)C1. The number of H-pyrrole nitrogens is 1. The molecule has 6 nitrogen and oxygen atoms in total. The molecule has 2 aromatic rings. The number of aromatic amines is 1. The summed E-state index contributed by atoms with van der Waals surface area (Å²) in [5.74, 6) is -2.24. The normalized spacial score (nSPS) is 19.5. The van der Waals surface area contributed by atoms with E-state index in [1.165, 1.54) is 11.2 Å². The average molecular weight is 226 g/mol. The first-order chi connectivity index (χ1) is 7.66. The topological polar surface area (TPSA) is 70.6 Å². The Labute approximate surface area is 88.7 Å². The predicted octanol–water partition coefficient (Wildman–Crippen LogP) is 0.593. The van der Waals surface area contributed by atoms with Crippen LogP contribution in [0.4, 0.5) is 14.6 Å². The zero-order valence-corrected chi connectivity index (χ0v) is 8.19. The van der Waals surface area contributed by atoms with E-state index in [-0.39, 0.29) is 19.5 Å². The molecule has 0 saturated carbocycles. The molecule has 8 heteroatoms. The molecule has 1 aliphatic heterocycles. The van der Waals surface area contributed by atoms with Gasteiger partial charge in [0.25, 0.3) is 5.92 Å². The van der Waals surface area contributed by atoms with Crippen LogP contribution in [-0.4, -0.2) is 44.4 Å². The van der Waals surface area contributed by atoms with Gasteiger partial charge in [0.2, 0.25) is 5.65 Å². The molecule has 0 spiro atoms. The van der Waals surface area contributed by atoms with Gasteiger partial charge in [0.05, 0.1) is 6.54 Å². The number of aromatic nitrogens is 5. The smallest absolute Gasteiger partial charge is 0.266 e. The van der Waals surface area contributed by atoms with E-state index in [4.69, 9.17) is 0 Å². The number of halogens is 2. The molecule has 1 fully saturated rings. The van der Waals surface area contributed by atoms with Gasteiger partial charge < -0.3 is 4.90 Å². The van der Waals surface area contributed by atoms with Gasteiger partial charge in [-0.15, -0.1) is 5.10 Å². The van der Waals surface area contributed by atoms with Crippen molar-refractivity contribution in [3.63, 3.8) is 0 Å². The third-order valence-corrected chi connectivity index (χ3v) is 2.57. The molecule has 0 aliphatic carbocycles. The highest BCUT2D eigenvalue weighted by Crippen LogP contribution is 2.31. The number of hydrogen-bond donors (Lipinski definition) is 1. The largest absolute Gasteiger partial charge is 0.348 e. The third kappa shape index (κ3) is 1.37. The lowest BCUT2D eigenvalue weighted by Gasteiger charge is -2.16. The number of nitrogens with one attached hydrogen (secondary N) is 1. The Hall–Kier alpha value is -1.86. The van der Waals surface area contributed by atoms with Gasteiger partial charge >= 0.3 is 0 Å². The van der Waals surface area contributed by atoms with Crippen molar-refractivity contribution in [1.29, 1.82) is 0 Å². The lowest BCUT2D eigenvalue weighted by Crippen LogP contribution is -2.25. The van der Waals surface area contributed by atoms with Crippen LogP contribution in [0.2, 0.25) is 0 Å². The molecule has 0 amide bonds. The van der Waals surface area contributed by atoms with Gasteiger partial charge in [-0.25, -0.2) is 18.7 Å². The number of nitrogens with zero attached hydrogens (tertiary/aromatic N) is 5. The summed E-state index contributed by atoms with van der Waals surface area (Å²) >= 11 is 0. The monoisotopic (exact) mass is 226 g/mol. The van der Waals surface area contributed by atoms with Crippen LogP contribution in [0.25, 0.3) is 11.2 Å². The van der Waals surface area contributed by atoms with Crippen molar-refractivity contribution < 1.29 is 8.78 Å². The second-order valence-corrected chi connectivity index (χ2v) is 3.72. The molecule has 1 aliphatic rings. The highest BCUT2D eigenvalue weighted by molar-refractivity contribution is 5.82. The Kier molecular flexibility index (Phi) is 1.79. The standard InChI is InChI=1S/C8H8F2N6/c9-8(10)1-2-16(3-8)7-5-6(11-4-12-7)14-15-13-5/h4H,1-3H2,(H,11,12,13,14,15). The Morgan fingerprint density at radius 2 is 2.19 bits per heavy atom. The molecule has 2 aromatic heterocycles. The van der Waals surface area contributed by atoms with Crippen molar-refractivity contribution in [3.05, 3.63) is 6.33 Å². The number of rotatable bonds is 1. The first kappa shape index (κ1) is 9.37. The molecule has 16 heavy (non-hydrogen) atoms. The van der Waals surface area contributed by atoms with Gasteiger partial charge in [0, 0.05) is 13.0 Å². The number of fused-ring (bicyclic) bond motifs is 1. The van der Waals surface area contributed by atoms with Crippen LogP contribution in [0.3, 0.4) is 0 Å². The first-order valence-electron chi connectivity index (χ1n) is 4.80. The Morgan fingerprint density at radius 1 is 1.31 bits per heavy atom. The van der Waals surface area contributed by atoms with Gasteiger partial charge in [-0.05, 0) is 0 Å². The van der Waals surface area contributed by atoms with E-state index in [1.807, 2.05) is 0 Å². The molecule has 0 unspecified atom stereocenters. The molecule has 3 heterocycles. The predicted molar refractivity (Wildman–Crippen MR) is 51.3 cm³/mol. The number of hydrogen-bond acceptors (Lipinski definition) is 5. The fourth-order valence-corrected chi connectivity index (χ4v) is 1.81. The first-order valence-corrected chi connectivity index (χ1v) is 4.80. The number of alkyl halides is 2. The second-order valence-electron chi connectivity index (χ2n) is 3.72. The maximum absolute atomic E-state index is 13.1. The maximum atomic E-state index is 13.1. The Morgan fingerprint density at radius 3 is 2.94 bits per heavy atom. The quantitative estimate of drug-likeness (QED) is 0.770. The fraction of sp³-hybridized carbons (Fsp3) is 0.500. The summed E-state index contributed by atoms with van der Waals surface area (Å²) in [6, 6.07) is 0. The third-order valence-electron chi connectivity index (χ3n) is 2.57. The van der Waals surface area contributed by atoms with Gasteiger partial charge in [0.1, 0.15) is 6.33 Å². The fourth-order valence-electron chi connectivity index (χ4n) is 1.81. The van der Waals surface area contributed by atoms with Crippen molar-refractivity contribution >= 4 is 17.0 Å². The summed E-state index contributed by atoms with van der Waals surface area (Å²) in [5, 5.41) is 10.1. The second kappa shape index (κ2) is 3.06. The van der Waals surface area contributed by atoms with Crippen LogP contribution >= 0.6 is 0 Å². The zero-order valence-electron chi connectivity index (χ0n) is 8.19.